The van der Waals surface area contributed by atoms with E-state index in [1.54, 1.807) is 50.2 Å². The molecule has 0 aliphatic heterocycles. The van der Waals surface area contributed by atoms with Crippen LogP contribution in [0.5, 0.6) is 5.75 Å². The molecule has 4 aromatic rings. The smallest absolute Gasteiger partial charge is 0.446 e. The molecule has 4 aromatic carbocycles. The fraction of sp³-hybridized carbons (Fsp3) is 0.200. The van der Waals surface area contributed by atoms with Gasteiger partial charge in [-0.1, -0.05) is 86.6 Å². The molecule has 0 heterocycles. The molecule has 39 heavy (non-hydrogen) atoms. The van der Waals surface area contributed by atoms with Crippen molar-refractivity contribution in [3.63, 3.8) is 0 Å². The van der Waals surface area contributed by atoms with Crippen molar-refractivity contribution >= 4 is 34.4 Å². The van der Waals surface area contributed by atoms with Crippen LogP contribution >= 0.6 is 11.8 Å². The number of carbonyl (C=O) groups is 2. The molecule has 0 aliphatic carbocycles. The van der Waals surface area contributed by atoms with Gasteiger partial charge in [-0.05, 0) is 46.5 Å². The second-order valence-corrected chi connectivity index (χ2v) is 10.6. The second-order valence-electron chi connectivity index (χ2n) is 9.48. The number of hydrogen-bond donors (Lipinski definition) is 2. The summed E-state index contributed by atoms with van der Waals surface area (Å²) in [5.74, 6) is -1.55. The summed E-state index contributed by atoms with van der Waals surface area (Å²) in [6.07, 6.45) is 0. The molecule has 5 nitrogen and oxygen atoms in total. The number of benzene rings is 4. The molecule has 0 saturated carbocycles. The van der Waals surface area contributed by atoms with E-state index in [2.05, 4.69) is 5.32 Å². The van der Waals surface area contributed by atoms with E-state index in [-0.39, 0.29) is 34.6 Å². The van der Waals surface area contributed by atoms with Crippen molar-refractivity contribution < 1.29 is 32.6 Å². The van der Waals surface area contributed by atoms with Crippen molar-refractivity contribution in [1.82, 2.24) is 5.32 Å². The Hall–Kier alpha value is -3.98. The lowest BCUT2D eigenvalue weighted by Gasteiger charge is -2.32. The van der Waals surface area contributed by atoms with Gasteiger partial charge in [-0.15, -0.1) is 0 Å². The second kappa shape index (κ2) is 11.4. The maximum Gasteiger partial charge on any atom is 0.446 e. The monoisotopic (exact) mass is 553 g/mol. The Morgan fingerprint density at radius 3 is 2.18 bits per heavy atom. The molecule has 0 saturated heterocycles. The molecular formula is C30H26F3NO4S. The van der Waals surface area contributed by atoms with Crippen molar-refractivity contribution in [1.29, 1.82) is 0 Å². The van der Waals surface area contributed by atoms with Crippen LogP contribution < -0.4 is 10.1 Å². The number of rotatable bonds is 9. The zero-order chi connectivity index (χ0) is 28.2. The molecule has 0 fully saturated rings. The summed E-state index contributed by atoms with van der Waals surface area (Å²) in [5, 5.41) is 14.2. The van der Waals surface area contributed by atoms with Gasteiger partial charge in [-0.3, -0.25) is 4.79 Å². The summed E-state index contributed by atoms with van der Waals surface area (Å²) in [5.41, 5.74) is -3.81. The minimum absolute atomic E-state index is 0.0108. The third kappa shape index (κ3) is 6.72. The van der Waals surface area contributed by atoms with Crippen LogP contribution in [0.3, 0.4) is 0 Å². The van der Waals surface area contributed by atoms with Gasteiger partial charge < -0.3 is 15.2 Å². The Morgan fingerprint density at radius 1 is 0.897 bits per heavy atom. The molecular weight excluding hydrogens is 527 g/mol. The highest BCUT2D eigenvalue weighted by Crippen LogP contribution is 2.37. The molecule has 0 bridgehead atoms. The lowest BCUT2D eigenvalue weighted by molar-refractivity contribution is -0.140. The predicted octanol–water partition coefficient (Wildman–Crippen LogP) is 7.19. The number of amides is 1. The molecule has 0 radical (unpaired) electrons. The van der Waals surface area contributed by atoms with Crippen molar-refractivity contribution in [2.75, 3.05) is 0 Å². The van der Waals surface area contributed by atoms with Gasteiger partial charge in [0.05, 0.1) is 5.56 Å². The zero-order valence-electron chi connectivity index (χ0n) is 21.2. The summed E-state index contributed by atoms with van der Waals surface area (Å²) in [6.45, 7) is 3.49. The first-order chi connectivity index (χ1) is 18.5. The maximum absolute atomic E-state index is 13.5. The lowest BCUT2D eigenvalue weighted by atomic mass is 9.77. The average molecular weight is 554 g/mol. The minimum atomic E-state index is -4.38. The highest BCUT2D eigenvalue weighted by molar-refractivity contribution is 8.00. The number of hydrogen-bond acceptors (Lipinski definition) is 4. The van der Waals surface area contributed by atoms with E-state index < -0.39 is 28.8 Å². The van der Waals surface area contributed by atoms with E-state index in [4.69, 9.17) is 4.74 Å². The zero-order valence-corrected chi connectivity index (χ0v) is 22.0. The third-order valence-corrected chi connectivity index (χ3v) is 7.17. The summed E-state index contributed by atoms with van der Waals surface area (Å²) >= 11 is -0.201. The summed E-state index contributed by atoms with van der Waals surface area (Å²) in [4.78, 5) is 25.9. The Balaban J connectivity index is 1.63. The quantitative estimate of drug-likeness (QED) is 0.215. The lowest BCUT2D eigenvalue weighted by Crippen LogP contribution is -2.52. The molecule has 1 amide bonds. The van der Waals surface area contributed by atoms with Crippen molar-refractivity contribution in [2.45, 2.75) is 42.3 Å². The Bertz CT molecular complexity index is 1470. The molecule has 2 N–H and O–H groups in total. The number of carboxylic acid groups (broad SMARTS) is 1. The van der Waals surface area contributed by atoms with E-state index in [0.717, 1.165) is 10.9 Å². The van der Waals surface area contributed by atoms with Crippen LogP contribution in [0.2, 0.25) is 0 Å². The number of nitrogens with one attached hydrogen (secondary N) is 1. The Labute approximate surface area is 228 Å². The van der Waals surface area contributed by atoms with E-state index in [0.29, 0.717) is 10.9 Å². The predicted molar refractivity (Wildman–Crippen MR) is 145 cm³/mol. The number of aliphatic carboxylic acids is 1. The molecule has 202 valence electrons. The van der Waals surface area contributed by atoms with Gasteiger partial charge in [0.1, 0.15) is 18.4 Å². The first kappa shape index (κ1) is 28.0. The van der Waals surface area contributed by atoms with E-state index >= 15 is 0 Å². The molecule has 0 unspecified atom stereocenters. The van der Waals surface area contributed by atoms with E-state index in [9.17, 15) is 27.9 Å². The largest absolute Gasteiger partial charge is 0.487 e. The number of carboxylic acids is 1. The maximum atomic E-state index is 13.5. The van der Waals surface area contributed by atoms with Crippen LogP contribution in [0.1, 0.15) is 35.3 Å². The van der Waals surface area contributed by atoms with Crippen LogP contribution in [-0.4, -0.2) is 28.5 Å². The Kier molecular flexibility index (Phi) is 8.20. The van der Waals surface area contributed by atoms with Crippen molar-refractivity contribution in [3.05, 3.63) is 108 Å². The first-order valence-corrected chi connectivity index (χ1v) is 12.9. The highest BCUT2D eigenvalue weighted by Gasteiger charge is 2.38. The van der Waals surface area contributed by atoms with Gasteiger partial charge in [0.25, 0.3) is 5.91 Å². The fourth-order valence-electron chi connectivity index (χ4n) is 4.31. The van der Waals surface area contributed by atoms with Crippen molar-refractivity contribution in [3.8, 4) is 5.75 Å². The number of fused-ring (bicyclic) bond motifs is 1. The molecule has 4 rings (SSSR count). The fourth-order valence-corrected chi connectivity index (χ4v) is 4.85. The number of thioether (sulfide) groups is 1. The average Bonchev–Trinajstić information content (AvgIpc) is 2.90. The number of halogens is 3. The van der Waals surface area contributed by atoms with Gasteiger partial charge >= 0.3 is 11.5 Å². The van der Waals surface area contributed by atoms with Gasteiger partial charge in [-0.2, -0.15) is 13.2 Å². The van der Waals surface area contributed by atoms with Crippen LogP contribution in [0.4, 0.5) is 13.2 Å². The highest BCUT2D eigenvalue weighted by atomic mass is 32.2. The topological polar surface area (TPSA) is 75.6 Å². The third-order valence-electron chi connectivity index (χ3n) is 6.43. The molecule has 0 aliphatic rings. The van der Waals surface area contributed by atoms with Crippen LogP contribution in [-0.2, 0) is 16.8 Å². The minimum Gasteiger partial charge on any atom is -0.487 e. The van der Waals surface area contributed by atoms with Gasteiger partial charge in [0.15, 0.2) is 0 Å². The summed E-state index contributed by atoms with van der Waals surface area (Å²) in [6, 6.07) is 24.2. The van der Waals surface area contributed by atoms with E-state index in [1.165, 1.54) is 24.3 Å². The molecule has 9 heteroatoms. The van der Waals surface area contributed by atoms with Gasteiger partial charge in [0, 0.05) is 15.7 Å². The first-order valence-electron chi connectivity index (χ1n) is 12.0. The standard InChI is InChI=1S/C30H26F3NO4S/c1-29(2,21-9-4-3-5-10-21)26(28(36)37)34-27(35)24-17-14-20-8-6-7-11-23(20)25(24)38-18-19-12-15-22(16-13-19)39-30(31,32)33/h3-17,26H,18H2,1-2H3,(H,34,35)(H,36,37)/t26-/m1/s1. The normalized spacial score (nSPS) is 12.6. The number of carbonyl (C=O) groups excluding carboxylic acids is 1. The summed E-state index contributed by atoms with van der Waals surface area (Å²) < 4.78 is 44.0. The number of alkyl halides is 3. The SMILES string of the molecule is CC(C)(c1ccccc1)[C@H](NC(=O)c1ccc2ccccc2c1OCc1ccc(SC(F)(F)F)cc1)C(=O)O. The van der Waals surface area contributed by atoms with Crippen LogP contribution in [0.25, 0.3) is 10.8 Å². The molecule has 0 spiro atoms. The van der Waals surface area contributed by atoms with Crippen molar-refractivity contribution in [2.24, 2.45) is 0 Å². The van der Waals surface area contributed by atoms with E-state index in [1.807, 2.05) is 30.3 Å². The Morgan fingerprint density at radius 2 is 1.54 bits per heavy atom. The number of ether oxygens (including phenoxy) is 1. The molecule has 0 aromatic heterocycles. The molecule has 1 atom stereocenters. The van der Waals surface area contributed by atoms with Crippen LogP contribution in [0.15, 0.2) is 95.9 Å². The van der Waals surface area contributed by atoms with Gasteiger partial charge in [-0.25, -0.2) is 4.79 Å². The summed E-state index contributed by atoms with van der Waals surface area (Å²) in [7, 11) is 0. The van der Waals surface area contributed by atoms with Gasteiger partial charge in [0.2, 0.25) is 0 Å². The van der Waals surface area contributed by atoms with Crippen LogP contribution in [0, 0.1) is 0 Å².